The van der Waals surface area contributed by atoms with E-state index < -0.39 is 54.2 Å². The van der Waals surface area contributed by atoms with Gasteiger partial charge in [-0.25, -0.2) is 22.4 Å². The zero-order valence-corrected chi connectivity index (χ0v) is 20.3. The van der Waals surface area contributed by atoms with E-state index >= 15 is 0 Å². The van der Waals surface area contributed by atoms with E-state index in [-0.39, 0.29) is 12.2 Å². The molecular formula is C27H24F8N2O2. The van der Waals surface area contributed by atoms with Gasteiger partial charge in [-0.1, -0.05) is 48.9 Å². The average molecular weight is 560 g/mol. The summed E-state index contributed by atoms with van der Waals surface area (Å²) in [6.45, 7) is 0. The van der Waals surface area contributed by atoms with Gasteiger partial charge in [0.05, 0.1) is 6.04 Å². The van der Waals surface area contributed by atoms with E-state index in [2.05, 4.69) is 4.74 Å². The molecule has 2 N–H and O–H groups in total. The molecular weight excluding hydrogens is 536 g/mol. The molecule has 12 heteroatoms. The molecule has 2 amide bonds. The van der Waals surface area contributed by atoms with Crippen LogP contribution in [0, 0.1) is 11.6 Å². The highest BCUT2D eigenvalue weighted by molar-refractivity contribution is 5.89. The summed E-state index contributed by atoms with van der Waals surface area (Å²) < 4.78 is 107. The van der Waals surface area contributed by atoms with Crippen LogP contribution in [0.5, 0.6) is 5.75 Å². The minimum Gasteiger partial charge on any atom is -0.428 e. The van der Waals surface area contributed by atoms with E-state index in [4.69, 9.17) is 0 Å². The fourth-order valence-electron chi connectivity index (χ4n) is 3.77. The molecule has 1 saturated carbocycles. The van der Waals surface area contributed by atoms with E-state index in [1.807, 2.05) is 41.0 Å². The van der Waals surface area contributed by atoms with Crippen molar-refractivity contribution >= 4 is 11.7 Å². The summed E-state index contributed by atoms with van der Waals surface area (Å²) in [6, 6.07) is 15.7. The van der Waals surface area contributed by atoms with Crippen LogP contribution in [0.1, 0.15) is 25.7 Å². The Morgan fingerprint density at radius 2 is 1.54 bits per heavy atom. The van der Waals surface area contributed by atoms with Crippen molar-refractivity contribution in [1.82, 2.24) is 5.32 Å². The van der Waals surface area contributed by atoms with Gasteiger partial charge in [0.1, 0.15) is 17.4 Å². The van der Waals surface area contributed by atoms with Crippen molar-refractivity contribution < 1.29 is 44.7 Å². The number of hydrogen-bond donors (Lipinski definition) is 2. The topological polar surface area (TPSA) is 50.4 Å². The van der Waals surface area contributed by atoms with Crippen LogP contribution in [0.4, 0.5) is 45.6 Å². The first-order valence-corrected chi connectivity index (χ1v) is 11.8. The lowest BCUT2D eigenvalue weighted by molar-refractivity contribution is -0.253. The number of nitrogens with one attached hydrogen (secondary N) is 2. The van der Waals surface area contributed by atoms with Crippen LogP contribution in [0.3, 0.4) is 0 Å². The molecule has 1 aliphatic rings. The first-order valence-electron chi connectivity index (χ1n) is 11.8. The van der Waals surface area contributed by atoms with Crippen LogP contribution >= 0.6 is 0 Å². The molecule has 0 aromatic heterocycles. The SMILES string of the molecule is Fc1ccc(-c2ccccc2)cc1.O=C(Nc1cc(F)cc(OC(F)(F)C(F)F)c1)NC1CCCCC1(F)F. The quantitative estimate of drug-likeness (QED) is 0.298. The number of halogens is 8. The molecule has 4 nitrogen and oxygen atoms in total. The highest BCUT2D eigenvalue weighted by Gasteiger charge is 2.44. The Balaban J connectivity index is 0.000000268. The largest absolute Gasteiger partial charge is 0.461 e. The second-order valence-corrected chi connectivity index (χ2v) is 8.67. The molecule has 3 aromatic rings. The number of alkyl halides is 6. The van der Waals surface area contributed by atoms with Crippen LogP contribution in [0.25, 0.3) is 11.1 Å². The van der Waals surface area contributed by atoms with Crippen molar-refractivity contribution in [3.05, 3.63) is 84.4 Å². The maximum absolute atomic E-state index is 13.7. The number of anilines is 1. The van der Waals surface area contributed by atoms with Crippen molar-refractivity contribution in [2.45, 2.75) is 50.2 Å². The van der Waals surface area contributed by atoms with Crippen LogP contribution in [-0.2, 0) is 0 Å². The summed E-state index contributed by atoms with van der Waals surface area (Å²) in [6.07, 6.45) is -8.56. The van der Waals surface area contributed by atoms with Gasteiger partial charge in [0.25, 0.3) is 5.92 Å². The molecule has 0 spiro atoms. The number of rotatable bonds is 6. The van der Waals surface area contributed by atoms with E-state index in [0.29, 0.717) is 31.0 Å². The molecule has 3 aromatic carbocycles. The molecule has 0 aliphatic heterocycles. The first kappa shape index (κ1) is 29.7. The number of hydrogen-bond acceptors (Lipinski definition) is 2. The second kappa shape index (κ2) is 12.8. The van der Waals surface area contributed by atoms with Gasteiger partial charge in [-0.15, -0.1) is 0 Å². The van der Waals surface area contributed by atoms with Gasteiger partial charge in [-0.05, 0) is 42.2 Å². The molecule has 1 atom stereocenters. The summed E-state index contributed by atoms with van der Waals surface area (Å²) in [7, 11) is 0. The fraction of sp³-hybridized carbons (Fsp3) is 0.296. The molecule has 39 heavy (non-hydrogen) atoms. The molecule has 0 saturated heterocycles. The Hall–Kier alpha value is -3.83. The predicted octanol–water partition coefficient (Wildman–Crippen LogP) is 8.25. The average Bonchev–Trinajstić information content (AvgIpc) is 2.86. The lowest BCUT2D eigenvalue weighted by atomic mass is 9.92. The molecule has 1 unspecified atom stereocenters. The summed E-state index contributed by atoms with van der Waals surface area (Å²) in [4.78, 5) is 11.8. The molecule has 4 rings (SSSR count). The summed E-state index contributed by atoms with van der Waals surface area (Å²) in [5.74, 6) is -5.43. The second-order valence-electron chi connectivity index (χ2n) is 8.67. The third kappa shape index (κ3) is 8.86. The molecule has 0 bridgehead atoms. The van der Waals surface area contributed by atoms with Crippen LogP contribution in [0.2, 0.25) is 0 Å². The van der Waals surface area contributed by atoms with E-state index in [9.17, 15) is 39.9 Å². The summed E-state index contributed by atoms with van der Waals surface area (Å²) >= 11 is 0. The molecule has 1 fully saturated rings. The van der Waals surface area contributed by atoms with Crippen molar-refractivity contribution in [3.63, 3.8) is 0 Å². The van der Waals surface area contributed by atoms with E-state index in [0.717, 1.165) is 11.1 Å². The molecule has 0 heterocycles. The lowest BCUT2D eigenvalue weighted by Crippen LogP contribution is -2.50. The number of carbonyl (C=O) groups excluding carboxylic acids is 1. The highest BCUT2D eigenvalue weighted by atomic mass is 19.3. The van der Waals surface area contributed by atoms with Gasteiger partial charge in [-0.2, -0.15) is 17.6 Å². The minimum absolute atomic E-state index is 0.0402. The van der Waals surface area contributed by atoms with Gasteiger partial charge >= 0.3 is 18.6 Å². The van der Waals surface area contributed by atoms with Gasteiger partial charge in [0.2, 0.25) is 0 Å². The van der Waals surface area contributed by atoms with E-state index in [1.165, 1.54) is 12.1 Å². The lowest BCUT2D eigenvalue weighted by Gasteiger charge is -2.31. The van der Waals surface area contributed by atoms with Gasteiger partial charge in [0, 0.05) is 24.2 Å². The van der Waals surface area contributed by atoms with Crippen molar-refractivity contribution in [3.8, 4) is 16.9 Å². The zero-order valence-electron chi connectivity index (χ0n) is 20.3. The highest BCUT2D eigenvalue weighted by Crippen LogP contribution is 2.34. The smallest absolute Gasteiger partial charge is 0.428 e. The van der Waals surface area contributed by atoms with Crippen LogP contribution in [0.15, 0.2) is 72.8 Å². The normalized spacial score (nSPS) is 16.6. The number of benzene rings is 3. The Morgan fingerprint density at radius 3 is 2.15 bits per heavy atom. The zero-order chi connectivity index (χ0) is 28.6. The predicted molar refractivity (Wildman–Crippen MR) is 129 cm³/mol. The number of amides is 2. The van der Waals surface area contributed by atoms with Gasteiger partial charge in [-0.3, -0.25) is 0 Å². The Kier molecular flexibility index (Phi) is 9.76. The maximum atomic E-state index is 13.7. The maximum Gasteiger partial charge on any atom is 0.461 e. The van der Waals surface area contributed by atoms with Crippen molar-refractivity contribution in [2.75, 3.05) is 5.32 Å². The Morgan fingerprint density at radius 1 is 0.897 bits per heavy atom. The van der Waals surface area contributed by atoms with E-state index in [1.54, 1.807) is 12.1 Å². The van der Waals surface area contributed by atoms with Crippen molar-refractivity contribution in [2.24, 2.45) is 0 Å². The van der Waals surface area contributed by atoms with Gasteiger partial charge in [0.15, 0.2) is 0 Å². The molecule has 210 valence electrons. The Bertz CT molecular complexity index is 1220. The Labute approximate surface area is 219 Å². The monoisotopic (exact) mass is 560 g/mol. The van der Waals surface area contributed by atoms with Crippen molar-refractivity contribution in [1.29, 1.82) is 0 Å². The summed E-state index contributed by atoms with van der Waals surface area (Å²) in [5.41, 5.74) is 1.73. The molecule has 1 aliphatic carbocycles. The minimum atomic E-state index is -4.86. The van der Waals surface area contributed by atoms with Crippen LogP contribution in [-0.4, -0.2) is 30.5 Å². The third-order valence-electron chi connectivity index (χ3n) is 5.66. The third-order valence-corrected chi connectivity index (χ3v) is 5.66. The van der Waals surface area contributed by atoms with Crippen LogP contribution < -0.4 is 15.4 Å². The first-order chi connectivity index (χ1) is 18.4. The van der Waals surface area contributed by atoms with Gasteiger partial charge < -0.3 is 15.4 Å². The standard InChI is InChI=1S/C15H15F7N2O2.C12H9F/c16-8-5-9(7-10(6-8)26-15(21,22)12(17)18)23-13(25)24-11-3-1-2-4-14(11,19)20;13-12-8-6-11(7-9-12)10-4-2-1-3-5-10/h5-7,11-12H,1-4H2,(H2,23,24,25);1-9H. The number of ether oxygens (including phenoxy) is 1. The number of urea groups is 1. The summed E-state index contributed by atoms with van der Waals surface area (Å²) in [5, 5.41) is 4.02. The number of carbonyl (C=O) groups is 1. The fourth-order valence-corrected chi connectivity index (χ4v) is 3.77. The molecule has 0 radical (unpaired) electrons.